The number of aromatic nitrogens is 3. The lowest BCUT2D eigenvalue weighted by molar-refractivity contribution is -0.387. The second kappa shape index (κ2) is 7.96. The Balaban J connectivity index is 1.65. The Morgan fingerprint density at radius 3 is 2.74 bits per heavy atom. The summed E-state index contributed by atoms with van der Waals surface area (Å²) in [5.41, 5.74) is 0.285. The van der Waals surface area contributed by atoms with E-state index in [9.17, 15) is 19.3 Å². The van der Waals surface area contributed by atoms with Crippen LogP contribution in [0.15, 0.2) is 60.0 Å². The van der Waals surface area contributed by atoms with Crippen molar-refractivity contribution in [1.82, 2.24) is 14.8 Å². The van der Waals surface area contributed by atoms with E-state index in [0.717, 1.165) is 29.6 Å². The van der Waals surface area contributed by atoms with Crippen molar-refractivity contribution in [2.45, 2.75) is 17.3 Å². The molecule has 0 aliphatic heterocycles. The summed E-state index contributed by atoms with van der Waals surface area (Å²) >= 11 is 1.14. The van der Waals surface area contributed by atoms with Crippen molar-refractivity contribution in [1.29, 1.82) is 0 Å². The number of nitro benzene ring substituents is 1. The fraction of sp³-hybridized carbons (Fsp3) is 0.118. The summed E-state index contributed by atoms with van der Waals surface area (Å²) in [7, 11) is 0. The van der Waals surface area contributed by atoms with E-state index >= 15 is 0 Å². The van der Waals surface area contributed by atoms with E-state index in [1.165, 1.54) is 6.07 Å². The molecule has 8 nitrogen and oxygen atoms in total. The molecule has 1 aromatic heterocycles. The first-order chi connectivity index (χ1) is 12.9. The van der Waals surface area contributed by atoms with Crippen molar-refractivity contribution >= 4 is 29.0 Å². The van der Waals surface area contributed by atoms with Gasteiger partial charge in [-0.25, -0.2) is 9.67 Å². The van der Waals surface area contributed by atoms with Gasteiger partial charge in [-0.1, -0.05) is 30.0 Å². The number of thioether (sulfide) groups is 1. The van der Waals surface area contributed by atoms with Gasteiger partial charge in [-0.05, 0) is 31.2 Å². The first-order valence-electron chi connectivity index (χ1n) is 7.82. The number of carbonyl (C=O) groups excluding carboxylic acids is 1. The SMILES string of the molecule is CC(Sc1ncn(-c2ccccc2)n1)C(=O)Nc1ccc(F)c([N+](=O)[O-])c1. The lowest BCUT2D eigenvalue weighted by atomic mass is 10.2. The average molecular weight is 387 g/mol. The molecule has 0 fully saturated rings. The summed E-state index contributed by atoms with van der Waals surface area (Å²) in [4.78, 5) is 26.4. The summed E-state index contributed by atoms with van der Waals surface area (Å²) in [5, 5.41) is 17.5. The van der Waals surface area contributed by atoms with E-state index in [4.69, 9.17) is 0 Å². The average Bonchev–Trinajstić information content (AvgIpc) is 3.12. The molecule has 138 valence electrons. The summed E-state index contributed by atoms with van der Waals surface area (Å²) in [6.45, 7) is 1.65. The van der Waals surface area contributed by atoms with Crippen LogP contribution in [0.2, 0.25) is 0 Å². The Bertz CT molecular complexity index is 980. The van der Waals surface area contributed by atoms with E-state index in [0.29, 0.717) is 5.16 Å². The molecule has 0 aliphatic carbocycles. The van der Waals surface area contributed by atoms with E-state index in [2.05, 4.69) is 15.4 Å². The Morgan fingerprint density at radius 1 is 1.30 bits per heavy atom. The predicted octanol–water partition coefficient (Wildman–Crippen LogP) is 3.43. The summed E-state index contributed by atoms with van der Waals surface area (Å²) in [6.07, 6.45) is 1.55. The number of halogens is 1. The van der Waals surface area contributed by atoms with Gasteiger partial charge in [0.1, 0.15) is 6.33 Å². The maximum absolute atomic E-state index is 13.4. The first kappa shape index (κ1) is 18.5. The largest absolute Gasteiger partial charge is 0.325 e. The number of carbonyl (C=O) groups is 1. The number of nitrogens with one attached hydrogen (secondary N) is 1. The zero-order chi connectivity index (χ0) is 19.4. The molecule has 0 spiro atoms. The van der Waals surface area contributed by atoms with Gasteiger partial charge in [0, 0.05) is 11.8 Å². The third kappa shape index (κ3) is 4.47. The molecule has 27 heavy (non-hydrogen) atoms. The second-order valence-corrected chi connectivity index (χ2v) is 6.79. The molecule has 3 aromatic rings. The fourth-order valence-electron chi connectivity index (χ4n) is 2.19. The molecule has 10 heteroatoms. The molecule has 3 rings (SSSR count). The van der Waals surface area contributed by atoms with Crippen molar-refractivity contribution in [2.75, 3.05) is 5.32 Å². The van der Waals surface area contributed by atoms with Gasteiger partial charge in [0.25, 0.3) is 0 Å². The Labute approximate surface area is 157 Å². The van der Waals surface area contributed by atoms with Crippen LogP contribution in [0.1, 0.15) is 6.92 Å². The molecule has 1 amide bonds. The van der Waals surface area contributed by atoms with E-state index in [1.54, 1.807) is 17.9 Å². The molecule has 1 N–H and O–H groups in total. The van der Waals surface area contributed by atoms with Crippen molar-refractivity contribution in [3.8, 4) is 5.69 Å². The lowest BCUT2D eigenvalue weighted by Crippen LogP contribution is -2.22. The van der Waals surface area contributed by atoms with Crippen molar-refractivity contribution < 1.29 is 14.1 Å². The zero-order valence-corrected chi connectivity index (χ0v) is 14.9. The highest BCUT2D eigenvalue weighted by atomic mass is 32.2. The lowest BCUT2D eigenvalue weighted by Gasteiger charge is -2.10. The van der Waals surface area contributed by atoms with Gasteiger partial charge in [0.05, 0.1) is 15.9 Å². The van der Waals surface area contributed by atoms with Crippen LogP contribution in [0.4, 0.5) is 15.8 Å². The topological polar surface area (TPSA) is 103 Å². The first-order valence-corrected chi connectivity index (χ1v) is 8.70. The fourth-order valence-corrected chi connectivity index (χ4v) is 2.92. The Hall–Kier alpha value is -3.27. The number of amides is 1. The highest BCUT2D eigenvalue weighted by Gasteiger charge is 2.20. The monoisotopic (exact) mass is 387 g/mol. The molecular weight excluding hydrogens is 373 g/mol. The number of hydrogen-bond acceptors (Lipinski definition) is 6. The van der Waals surface area contributed by atoms with Crippen LogP contribution in [-0.2, 0) is 4.79 Å². The van der Waals surface area contributed by atoms with Crippen molar-refractivity contribution in [3.63, 3.8) is 0 Å². The molecule has 0 radical (unpaired) electrons. The maximum atomic E-state index is 13.4. The van der Waals surface area contributed by atoms with Crippen LogP contribution in [0.5, 0.6) is 0 Å². The molecule has 2 aromatic carbocycles. The molecule has 1 heterocycles. The van der Waals surface area contributed by atoms with Crippen molar-refractivity contribution in [2.24, 2.45) is 0 Å². The van der Waals surface area contributed by atoms with Gasteiger partial charge in [0.15, 0.2) is 0 Å². The highest BCUT2D eigenvalue weighted by Crippen LogP contribution is 2.24. The number of hydrogen-bond donors (Lipinski definition) is 1. The molecule has 1 atom stereocenters. The summed E-state index contributed by atoms with van der Waals surface area (Å²) in [6, 6.07) is 12.6. The minimum absolute atomic E-state index is 0.142. The number of nitrogens with zero attached hydrogens (tertiary/aromatic N) is 4. The van der Waals surface area contributed by atoms with Gasteiger partial charge in [0.2, 0.25) is 16.9 Å². The smallest absolute Gasteiger partial charge is 0.306 e. The minimum Gasteiger partial charge on any atom is -0.325 e. The van der Waals surface area contributed by atoms with Gasteiger partial charge in [-0.15, -0.1) is 5.10 Å². The minimum atomic E-state index is -0.962. The summed E-state index contributed by atoms with van der Waals surface area (Å²) < 4.78 is 15.0. The third-order valence-corrected chi connectivity index (χ3v) is 4.52. The van der Waals surface area contributed by atoms with Crippen molar-refractivity contribution in [3.05, 3.63) is 70.8 Å². The maximum Gasteiger partial charge on any atom is 0.306 e. The van der Waals surface area contributed by atoms with Crippen LogP contribution in [-0.4, -0.2) is 30.8 Å². The molecule has 0 bridgehead atoms. The number of para-hydroxylation sites is 1. The zero-order valence-electron chi connectivity index (χ0n) is 14.1. The number of nitro groups is 1. The molecule has 0 aliphatic rings. The van der Waals surface area contributed by atoms with Crippen LogP contribution < -0.4 is 5.32 Å². The van der Waals surface area contributed by atoms with Gasteiger partial charge in [-0.3, -0.25) is 14.9 Å². The van der Waals surface area contributed by atoms with E-state index in [1.807, 2.05) is 30.3 Å². The second-order valence-electron chi connectivity index (χ2n) is 5.48. The molecule has 0 saturated carbocycles. The number of rotatable bonds is 6. The van der Waals surface area contributed by atoms with Crippen LogP contribution >= 0.6 is 11.8 Å². The van der Waals surface area contributed by atoms with Crippen LogP contribution in [0.3, 0.4) is 0 Å². The van der Waals surface area contributed by atoms with E-state index < -0.39 is 27.6 Å². The predicted molar refractivity (Wildman–Crippen MR) is 98.4 cm³/mol. The van der Waals surface area contributed by atoms with Gasteiger partial charge in [-0.2, -0.15) is 4.39 Å². The Morgan fingerprint density at radius 2 is 2.04 bits per heavy atom. The molecular formula is C17H14FN5O3S. The molecule has 1 unspecified atom stereocenters. The Kier molecular flexibility index (Phi) is 5.46. The summed E-state index contributed by atoms with van der Waals surface area (Å²) in [5.74, 6) is -1.37. The highest BCUT2D eigenvalue weighted by molar-refractivity contribution is 8.00. The molecule has 0 saturated heterocycles. The third-order valence-electron chi connectivity index (χ3n) is 3.55. The number of anilines is 1. The van der Waals surface area contributed by atoms with Crippen LogP contribution in [0, 0.1) is 15.9 Å². The normalized spacial score (nSPS) is 11.8. The van der Waals surface area contributed by atoms with E-state index in [-0.39, 0.29) is 5.69 Å². The van der Waals surface area contributed by atoms with Crippen LogP contribution in [0.25, 0.3) is 5.69 Å². The van der Waals surface area contributed by atoms with Gasteiger partial charge >= 0.3 is 5.69 Å². The van der Waals surface area contributed by atoms with Gasteiger partial charge < -0.3 is 5.32 Å². The number of benzene rings is 2. The standard InChI is InChI=1S/C17H14FN5O3S/c1-11(16(24)20-12-7-8-14(18)15(9-12)23(25)26)27-17-19-10-22(21-17)13-5-3-2-4-6-13/h2-11H,1H3,(H,20,24). The quantitative estimate of drug-likeness (QED) is 0.395.